The quantitative estimate of drug-likeness (QED) is 0.614. The van der Waals surface area contributed by atoms with Crippen LogP contribution >= 0.6 is 0 Å². The fourth-order valence-electron chi connectivity index (χ4n) is 4.07. The van der Waals surface area contributed by atoms with E-state index in [1.807, 2.05) is 24.5 Å². The molecule has 6 heteroatoms. The van der Waals surface area contributed by atoms with Crippen molar-refractivity contribution in [1.82, 2.24) is 29.7 Å². The third-order valence-corrected chi connectivity index (χ3v) is 5.52. The molecule has 0 spiro atoms. The summed E-state index contributed by atoms with van der Waals surface area (Å²) >= 11 is 0. The monoisotopic (exact) mass is 346 g/mol. The Kier molecular flexibility index (Phi) is 3.71. The van der Waals surface area contributed by atoms with Gasteiger partial charge in [0.05, 0.1) is 11.7 Å². The van der Waals surface area contributed by atoms with Crippen molar-refractivity contribution in [3.05, 3.63) is 48.5 Å². The molecular formula is C20H22N6. The first-order chi connectivity index (χ1) is 12.8. The SMILES string of the molecule is CCC1CCN(Cc2cc3c(-c4cnn5ncccc45)ccnc3[nH]2)C1. The maximum Gasteiger partial charge on any atom is 0.138 e. The lowest BCUT2D eigenvalue weighted by Crippen LogP contribution is -2.20. The average Bonchev–Trinajstić information content (AvgIpc) is 3.39. The maximum atomic E-state index is 4.54. The van der Waals surface area contributed by atoms with Crippen LogP contribution in [0.5, 0.6) is 0 Å². The third kappa shape index (κ3) is 2.57. The molecular weight excluding hydrogens is 324 g/mol. The van der Waals surface area contributed by atoms with E-state index in [0.29, 0.717) is 0 Å². The van der Waals surface area contributed by atoms with E-state index in [0.717, 1.165) is 40.1 Å². The topological polar surface area (TPSA) is 62.1 Å². The number of nitrogens with one attached hydrogen (secondary N) is 1. The lowest BCUT2D eigenvalue weighted by molar-refractivity contribution is 0.312. The van der Waals surface area contributed by atoms with Crippen LogP contribution in [0.1, 0.15) is 25.5 Å². The minimum absolute atomic E-state index is 0.847. The maximum absolute atomic E-state index is 4.54. The Morgan fingerprint density at radius 3 is 3.04 bits per heavy atom. The lowest BCUT2D eigenvalue weighted by atomic mass is 10.1. The number of pyridine rings is 1. The molecule has 0 radical (unpaired) electrons. The summed E-state index contributed by atoms with van der Waals surface area (Å²) in [5.74, 6) is 0.847. The molecule has 5 heterocycles. The second kappa shape index (κ2) is 6.21. The Morgan fingerprint density at radius 1 is 1.19 bits per heavy atom. The molecule has 0 amide bonds. The number of aromatic nitrogens is 5. The Labute approximate surface area is 151 Å². The van der Waals surface area contributed by atoms with Crippen LogP contribution in [-0.2, 0) is 6.54 Å². The van der Waals surface area contributed by atoms with Crippen LogP contribution in [-0.4, -0.2) is 42.8 Å². The third-order valence-electron chi connectivity index (χ3n) is 5.52. The standard InChI is InChI=1S/C20H22N6/c1-2-14-6-9-25(12-14)13-15-10-17-16(5-8-21-20(17)24-15)18-11-23-26-19(18)4-3-7-22-26/h3-5,7-8,10-11,14H,2,6,9,12-13H2,1H3,(H,21,24). The van der Waals surface area contributed by atoms with Crippen molar-refractivity contribution in [3.8, 4) is 11.1 Å². The van der Waals surface area contributed by atoms with Gasteiger partial charge in [0.1, 0.15) is 5.65 Å². The first kappa shape index (κ1) is 15.5. The summed E-state index contributed by atoms with van der Waals surface area (Å²) < 4.78 is 1.67. The number of fused-ring (bicyclic) bond motifs is 2. The minimum Gasteiger partial charge on any atom is -0.342 e. The van der Waals surface area contributed by atoms with Gasteiger partial charge in [-0.15, -0.1) is 0 Å². The molecule has 5 rings (SSSR count). The Balaban J connectivity index is 1.52. The molecule has 0 aromatic carbocycles. The first-order valence-electron chi connectivity index (χ1n) is 9.30. The van der Waals surface area contributed by atoms with E-state index in [9.17, 15) is 0 Å². The van der Waals surface area contributed by atoms with Crippen LogP contribution in [0.2, 0.25) is 0 Å². The van der Waals surface area contributed by atoms with Crippen molar-refractivity contribution in [3.63, 3.8) is 0 Å². The van der Waals surface area contributed by atoms with Gasteiger partial charge in [0.15, 0.2) is 0 Å². The molecule has 132 valence electrons. The molecule has 1 N–H and O–H groups in total. The van der Waals surface area contributed by atoms with Crippen LogP contribution in [0.4, 0.5) is 0 Å². The van der Waals surface area contributed by atoms with Gasteiger partial charge in [-0.1, -0.05) is 13.3 Å². The van der Waals surface area contributed by atoms with Crippen LogP contribution in [0.15, 0.2) is 42.9 Å². The highest BCUT2D eigenvalue weighted by atomic mass is 15.4. The molecule has 0 bridgehead atoms. The van der Waals surface area contributed by atoms with Crippen molar-refractivity contribution < 1.29 is 0 Å². The summed E-state index contributed by atoms with van der Waals surface area (Å²) in [5, 5.41) is 9.79. The highest BCUT2D eigenvalue weighted by Gasteiger charge is 2.21. The van der Waals surface area contributed by atoms with E-state index in [2.05, 4.69) is 44.1 Å². The predicted molar refractivity (Wildman–Crippen MR) is 102 cm³/mol. The second-order valence-electron chi connectivity index (χ2n) is 7.17. The molecule has 1 unspecified atom stereocenters. The summed E-state index contributed by atoms with van der Waals surface area (Å²) in [4.78, 5) is 10.6. The highest BCUT2D eigenvalue weighted by molar-refractivity contribution is 5.97. The largest absolute Gasteiger partial charge is 0.342 e. The number of hydrogen-bond acceptors (Lipinski definition) is 4. The molecule has 0 saturated carbocycles. The Morgan fingerprint density at radius 2 is 2.15 bits per heavy atom. The van der Waals surface area contributed by atoms with Gasteiger partial charge < -0.3 is 4.98 Å². The number of rotatable bonds is 4. The summed E-state index contributed by atoms with van der Waals surface area (Å²) in [6.45, 7) is 5.64. The molecule has 1 aliphatic heterocycles. The van der Waals surface area contributed by atoms with Gasteiger partial charge in [0, 0.05) is 42.1 Å². The fourth-order valence-corrected chi connectivity index (χ4v) is 4.07. The normalized spacial score (nSPS) is 18.3. The zero-order valence-electron chi connectivity index (χ0n) is 14.9. The Hall–Kier alpha value is -2.73. The molecule has 4 aromatic rings. The van der Waals surface area contributed by atoms with E-state index >= 15 is 0 Å². The highest BCUT2D eigenvalue weighted by Crippen LogP contribution is 2.31. The first-order valence-corrected chi connectivity index (χ1v) is 9.30. The number of likely N-dealkylation sites (tertiary alicyclic amines) is 1. The summed E-state index contributed by atoms with van der Waals surface area (Å²) in [6, 6.07) is 8.30. The van der Waals surface area contributed by atoms with Crippen LogP contribution < -0.4 is 0 Å². The summed E-state index contributed by atoms with van der Waals surface area (Å²) in [6.07, 6.45) is 8.09. The molecule has 1 fully saturated rings. The smallest absolute Gasteiger partial charge is 0.138 e. The Bertz CT molecular complexity index is 1060. The fraction of sp³-hybridized carbons (Fsp3) is 0.350. The number of hydrogen-bond donors (Lipinski definition) is 1. The lowest BCUT2D eigenvalue weighted by Gasteiger charge is -2.14. The van der Waals surface area contributed by atoms with Gasteiger partial charge in [0.25, 0.3) is 0 Å². The van der Waals surface area contributed by atoms with Gasteiger partial charge in [-0.05, 0) is 48.7 Å². The van der Waals surface area contributed by atoms with E-state index < -0.39 is 0 Å². The molecule has 6 nitrogen and oxygen atoms in total. The second-order valence-corrected chi connectivity index (χ2v) is 7.17. The number of aromatic amines is 1. The van der Waals surface area contributed by atoms with Gasteiger partial charge in [-0.3, -0.25) is 4.90 Å². The predicted octanol–water partition coefficient (Wildman–Crippen LogP) is 3.50. The van der Waals surface area contributed by atoms with Crippen molar-refractivity contribution >= 4 is 16.6 Å². The van der Waals surface area contributed by atoms with Crippen LogP contribution in [0.3, 0.4) is 0 Å². The van der Waals surface area contributed by atoms with Gasteiger partial charge in [0.2, 0.25) is 0 Å². The van der Waals surface area contributed by atoms with Gasteiger partial charge >= 0.3 is 0 Å². The zero-order chi connectivity index (χ0) is 17.5. The van der Waals surface area contributed by atoms with E-state index in [1.54, 1.807) is 10.8 Å². The minimum atomic E-state index is 0.847. The zero-order valence-corrected chi connectivity index (χ0v) is 14.9. The molecule has 0 aliphatic carbocycles. The molecule has 1 saturated heterocycles. The van der Waals surface area contributed by atoms with Crippen molar-refractivity contribution in [2.24, 2.45) is 5.92 Å². The summed E-state index contributed by atoms with van der Waals surface area (Å²) in [7, 11) is 0. The molecule has 1 atom stereocenters. The average molecular weight is 346 g/mol. The van der Waals surface area contributed by atoms with Crippen LogP contribution in [0, 0.1) is 5.92 Å². The van der Waals surface area contributed by atoms with Crippen molar-refractivity contribution in [2.45, 2.75) is 26.3 Å². The van der Waals surface area contributed by atoms with Gasteiger partial charge in [-0.2, -0.15) is 14.8 Å². The van der Waals surface area contributed by atoms with E-state index in [4.69, 9.17) is 0 Å². The summed E-state index contributed by atoms with van der Waals surface area (Å²) in [5.41, 5.74) is 5.41. The van der Waals surface area contributed by atoms with Gasteiger partial charge in [-0.25, -0.2) is 4.98 Å². The van der Waals surface area contributed by atoms with Crippen LogP contribution in [0.25, 0.3) is 27.7 Å². The van der Waals surface area contributed by atoms with E-state index in [1.165, 1.54) is 31.6 Å². The molecule has 4 aromatic heterocycles. The van der Waals surface area contributed by atoms with Crippen molar-refractivity contribution in [1.29, 1.82) is 0 Å². The number of H-pyrrole nitrogens is 1. The molecule has 26 heavy (non-hydrogen) atoms. The number of nitrogens with zero attached hydrogens (tertiary/aromatic N) is 5. The molecule has 1 aliphatic rings. The van der Waals surface area contributed by atoms with E-state index in [-0.39, 0.29) is 0 Å². The van der Waals surface area contributed by atoms with Crippen molar-refractivity contribution in [2.75, 3.05) is 13.1 Å².